The molecular weight excluding hydrogens is 326 g/mol. The smallest absolute Gasteiger partial charge is 0.173 e. The van der Waals surface area contributed by atoms with Crippen LogP contribution < -0.4 is 0 Å². The van der Waals surface area contributed by atoms with E-state index in [9.17, 15) is 13.6 Å². The van der Waals surface area contributed by atoms with Gasteiger partial charge < -0.3 is 0 Å². The largest absolute Gasteiger partial charge is 0.294 e. The van der Waals surface area contributed by atoms with Crippen molar-refractivity contribution in [3.05, 3.63) is 69.7 Å². The van der Waals surface area contributed by atoms with Gasteiger partial charge in [0.25, 0.3) is 0 Å². The predicted octanol–water partition coefficient (Wildman–Crippen LogP) is 4.71. The molecule has 1 aliphatic rings. The molecule has 2 unspecified atom stereocenters. The zero-order valence-electron chi connectivity index (χ0n) is 10.4. The van der Waals surface area contributed by atoms with Gasteiger partial charge in [0, 0.05) is 11.5 Å². The molecule has 2 aromatic carbocycles. The summed E-state index contributed by atoms with van der Waals surface area (Å²) in [4.78, 5) is 12.4. The highest BCUT2D eigenvalue weighted by Crippen LogP contribution is 2.49. The van der Waals surface area contributed by atoms with Crippen LogP contribution in [0.2, 0.25) is 0 Å². The van der Waals surface area contributed by atoms with Crippen LogP contribution in [-0.4, -0.2) is 5.78 Å². The Morgan fingerprint density at radius 3 is 2.50 bits per heavy atom. The first kappa shape index (κ1) is 13.4. The van der Waals surface area contributed by atoms with Crippen LogP contribution in [0.3, 0.4) is 0 Å². The summed E-state index contributed by atoms with van der Waals surface area (Å²) in [5.41, 5.74) is 1.33. The number of hydrogen-bond acceptors (Lipinski definition) is 1. The zero-order chi connectivity index (χ0) is 14.3. The number of rotatable bonds is 3. The highest BCUT2D eigenvalue weighted by Gasteiger charge is 2.44. The molecule has 0 N–H and O–H groups in total. The van der Waals surface area contributed by atoms with Gasteiger partial charge in [0.1, 0.15) is 0 Å². The Kier molecular flexibility index (Phi) is 3.42. The minimum atomic E-state index is -1.01. The van der Waals surface area contributed by atoms with E-state index in [4.69, 9.17) is 0 Å². The Bertz CT molecular complexity index is 670. The SMILES string of the molecule is O=C(c1ccc(F)c(F)c1Br)C1CC1c1ccccc1. The normalized spacial score (nSPS) is 20.8. The fraction of sp³-hybridized carbons (Fsp3) is 0.188. The Hall–Kier alpha value is -1.55. The molecule has 2 atom stereocenters. The van der Waals surface area contributed by atoms with Crippen LogP contribution in [-0.2, 0) is 0 Å². The molecule has 4 heteroatoms. The molecule has 0 radical (unpaired) electrons. The highest BCUT2D eigenvalue weighted by atomic mass is 79.9. The van der Waals surface area contributed by atoms with E-state index < -0.39 is 11.6 Å². The third kappa shape index (κ3) is 2.29. The quantitative estimate of drug-likeness (QED) is 0.585. The van der Waals surface area contributed by atoms with Gasteiger partial charge >= 0.3 is 0 Å². The maximum atomic E-state index is 13.5. The second-order valence-corrected chi connectivity index (χ2v) is 5.74. The Morgan fingerprint density at radius 2 is 1.80 bits per heavy atom. The van der Waals surface area contributed by atoms with Crippen LogP contribution in [0, 0.1) is 17.6 Å². The molecule has 2 aromatic rings. The molecule has 1 fully saturated rings. The number of ketones is 1. The molecule has 0 aromatic heterocycles. The molecule has 0 heterocycles. The number of Topliss-reactive ketones (excluding diaryl/α,β-unsaturated/α-hetero) is 1. The Balaban J connectivity index is 1.84. The third-order valence-corrected chi connectivity index (χ3v) is 4.43. The first-order valence-corrected chi connectivity index (χ1v) is 7.11. The van der Waals surface area contributed by atoms with E-state index in [-0.39, 0.29) is 27.7 Å². The molecule has 0 amide bonds. The van der Waals surface area contributed by atoms with Gasteiger partial charge in [-0.15, -0.1) is 0 Å². The second kappa shape index (κ2) is 5.09. The van der Waals surface area contributed by atoms with Crippen molar-refractivity contribution in [2.75, 3.05) is 0 Å². The molecule has 0 aliphatic heterocycles. The summed E-state index contributed by atoms with van der Waals surface area (Å²) >= 11 is 2.97. The van der Waals surface area contributed by atoms with Crippen molar-refractivity contribution in [2.24, 2.45) is 5.92 Å². The molecule has 1 nitrogen and oxygen atoms in total. The summed E-state index contributed by atoms with van der Waals surface area (Å²) < 4.78 is 26.5. The maximum Gasteiger partial charge on any atom is 0.173 e. The molecule has 20 heavy (non-hydrogen) atoms. The van der Waals surface area contributed by atoms with Crippen molar-refractivity contribution in [2.45, 2.75) is 12.3 Å². The van der Waals surface area contributed by atoms with E-state index in [2.05, 4.69) is 15.9 Å². The predicted molar refractivity (Wildman–Crippen MR) is 75.7 cm³/mol. The van der Waals surface area contributed by atoms with Crippen molar-refractivity contribution >= 4 is 21.7 Å². The average molecular weight is 337 g/mol. The van der Waals surface area contributed by atoms with Crippen LogP contribution in [0.4, 0.5) is 8.78 Å². The molecular formula is C16H11BrF2O. The van der Waals surface area contributed by atoms with E-state index in [1.807, 2.05) is 30.3 Å². The molecule has 102 valence electrons. The van der Waals surface area contributed by atoms with Crippen molar-refractivity contribution < 1.29 is 13.6 Å². The minimum absolute atomic E-state index is 0.0822. The molecule has 1 aliphatic carbocycles. The van der Waals surface area contributed by atoms with Gasteiger partial charge in [-0.25, -0.2) is 8.78 Å². The first-order chi connectivity index (χ1) is 9.59. The van der Waals surface area contributed by atoms with Gasteiger partial charge in [-0.3, -0.25) is 4.79 Å². The lowest BCUT2D eigenvalue weighted by Crippen LogP contribution is -2.06. The molecule has 3 rings (SSSR count). The van der Waals surface area contributed by atoms with E-state index in [1.165, 1.54) is 6.07 Å². The fourth-order valence-electron chi connectivity index (χ4n) is 2.47. The second-order valence-electron chi connectivity index (χ2n) is 4.95. The highest BCUT2D eigenvalue weighted by molar-refractivity contribution is 9.10. The molecule has 0 saturated heterocycles. The lowest BCUT2D eigenvalue weighted by Gasteiger charge is -2.05. The third-order valence-electron chi connectivity index (χ3n) is 3.66. The van der Waals surface area contributed by atoms with Crippen molar-refractivity contribution in [1.29, 1.82) is 0 Å². The summed E-state index contributed by atoms with van der Waals surface area (Å²) in [6, 6.07) is 12.1. The van der Waals surface area contributed by atoms with Crippen molar-refractivity contribution in [3.63, 3.8) is 0 Å². The zero-order valence-corrected chi connectivity index (χ0v) is 12.0. The first-order valence-electron chi connectivity index (χ1n) is 6.32. The van der Waals surface area contributed by atoms with Crippen LogP contribution in [0.15, 0.2) is 46.9 Å². The monoisotopic (exact) mass is 336 g/mol. The molecule has 1 saturated carbocycles. The minimum Gasteiger partial charge on any atom is -0.294 e. The summed E-state index contributed by atoms with van der Waals surface area (Å²) in [5.74, 6) is -2.05. The lowest BCUT2D eigenvalue weighted by molar-refractivity contribution is 0.0964. The van der Waals surface area contributed by atoms with E-state index in [0.717, 1.165) is 18.1 Å². The number of carbonyl (C=O) groups excluding carboxylic acids is 1. The van der Waals surface area contributed by atoms with Crippen LogP contribution >= 0.6 is 15.9 Å². The Morgan fingerprint density at radius 1 is 1.10 bits per heavy atom. The standard InChI is InChI=1S/C16H11BrF2O/c17-14-10(6-7-13(18)15(14)19)16(20)12-8-11(12)9-4-2-1-3-5-9/h1-7,11-12H,8H2. The van der Waals surface area contributed by atoms with E-state index in [0.29, 0.717) is 0 Å². The van der Waals surface area contributed by atoms with Gasteiger partial charge in [0.2, 0.25) is 0 Å². The lowest BCUT2D eigenvalue weighted by atomic mass is 10.0. The van der Waals surface area contributed by atoms with Gasteiger partial charge in [-0.2, -0.15) is 0 Å². The van der Waals surface area contributed by atoms with E-state index >= 15 is 0 Å². The molecule has 0 spiro atoms. The number of benzene rings is 2. The summed E-state index contributed by atoms with van der Waals surface area (Å²) in [6.45, 7) is 0. The van der Waals surface area contributed by atoms with E-state index in [1.54, 1.807) is 0 Å². The van der Waals surface area contributed by atoms with Gasteiger partial charge in [0.05, 0.1) is 4.47 Å². The summed E-state index contributed by atoms with van der Waals surface area (Å²) in [7, 11) is 0. The van der Waals surface area contributed by atoms with Gasteiger partial charge in [-0.1, -0.05) is 30.3 Å². The number of halogens is 3. The van der Waals surface area contributed by atoms with Crippen LogP contribution in [0.1, 0.15) is 28.3 Å². The number of hydrogen-bond donors (Lipinski definition) is 0. The average Bonchev–Trinajstić information content (AvgIpc) is 3.26. The summed E-state index contributed by atoms with van der Waals surface area (Å²) in [6.07, 6.45) is 0.758. The van der Waals surface area contributed by atoms with Gasteiger partial charge in [0.15, 0.2) is 17.4 Å². The van der Waals surface area contributed by atoms with Crippen LogP contribution in [0.25, 0.3) is 0 Å². The van der Waals surface area contributed by atoms with Crippen molar-refractivity contribution in [1.82, 2.24) is 0 Å². The fourth-order valence-corrected chi connectivity index (χ4v) is 2.99. The summed E-state index contributed by atoms with van der Waals surface area (Å²) in [5, 5.41) is 0. The van der Waals surface area contributed by atoms with Crippen LogP contribution in [0.5, 0.6) is 0 Å². The topological polar surface area (TPSA) is 17.1 Å². The molecule has 0 bridgehead atoms. The number of carbonyl (C=O) groups is 1. The van der Waals surface area contributed by atoms with Crippen molar-refractivity contribution in [3.8, 4) is 0 Å². The maximum absolute atomic E-state index is 13.5. The van der Waals surface area contributed by atoms with Gasteiger partial charge in [-0.05, 0) is 46.0 Å². The Labute approximate surface area is 123 Å².